The summed E-state index contributed by atoms with van der Waals surface area (Å²) in [5.74, 6) is 0.611. The van der Waals surface area contributed by atoms with Gasteiger partial charge in [0.05, 0.1) is 4.90 Å². The van der Waals surface area contributed by atoms with Crippen LogP contribution >= 0.6 is 11.6 Å². The summed E-state index contributed by atoms with van der Waals surface area (Å²) in [6.45, 7) is 7.03. The molecule has 3 nitrogen and oxygen atoms in total. The monoisotopic (exact) mass is 301 g/mol. The molecule has 19 heavy (non-hydrogen) atoms. The van der Waals surface area contributed by atoms with Crippen molar-refractivity contribution in [2.24, 2.45) is 5.92 Å². The van der Waals surface area contributed by atoms with Gasteiger partial charge < -0.3 is 0 Å². The molecule has 1 aliphatic heterocycles. The number of benzene rings is 1. The van der Waals surface area contributed by atoms with Crippen molar-refractivity contribution < 1.29 is 8.42 Å². The number of hydrogen-bond donors (Lipinski definition) is 0. The van der Waals surface area contributed by atoms with Gasteiger partial charge in [0.1, 0.15) is 0 Å². The number of aryl methyl sites for hydroxylation is 2. The lowest BCUT2D eigenvalue weighted by molar-refractivity contribution is 0.288. The summed E-state index contributed by atoms with van der Waals surface area (Å²) in [6, 6.07) is 3.42. The van der Waals surface area contributed by atoms with Gasteiger partial charge in [-0.15, -0.1) is 0 Å². The Hall–Kier alpha value is -0.580. The zero-order valence-corrected chi connectivity index (χ0v) is 13.2. The third kappa shape index (κ3) is 2.96. The maximum atomic E-state index is 12.7. The fourth-order valence-electron chi connectivity index (χ4n) is 2.40. The molecule has 1 heterocycles. The summed E-state index contributed by atoms with van der Waals surface area (Å²) < 4.78 is 26.9. The quantitative estimate of drug-likeness (QED) is 0.840. The summed E-state index contributed by atoms with van der Waals surface area (Å²) in [5, 5.41) is 0.615. The highest BCUT2D eigenvalue weighted by atomic mass is 35.5. The molecule has 0 unspecified atom stereocenters. The number of piperidine rings is 1. The number of hydrogen-bond acceptors (Lipinski definition) is 2. The van der Waals surface area contributed by atoms with Crippen LogP contribution in [-0.2, 0) is 10.0 Å². The Balaban J connectivity index is 2.37. The molecule has 106 valence electrons. The van der Waals surface area contributed by atoms with Gasteiger partial charge in [-0.05, 0) is 55.9 Å². The van der Waals surface area contributed by atoms with Gasteiger partial charge in [0.2, 0.25) is 10.0 Å². The van der Waals surface area contributed by atoms with Crippen molar-refractivity contribution in [1.29, 1.82) is 0 Å². The van der Waals surface area contributed by atoms with Crippen LogP contribution < -0.4 is 0 Å². The van der Waals surface area contributed by atoms with Crippen LogP contribution in [0, 0.1) is 19.8 Å². The van der Waals surface area contributed by atoms with Gasteiger partial charge in [0.15, 0.2) is 0 Å². The molecule has 0 amide bonds. The van der Waals surface area contributed by atoms with E-state index in [9.17, 15) is 8.42 Å². The van der Waals surface area contributed by atoms with Gasteiger partial charge in [-0.3, -0.25) is 0 Å². The molecule has 0 aromatic heterocycles. The molecular formula is C14H20ClNO2S. The average molecular weight is 302 g/mol. The second kappa shape index (κ2) is 5.43. The van der Waals surface area contributed by atoms with Crippen LogP contribution in [0.3, 0.4) is 0 Å². The minimum atomic E-state index is -3.38. The maximum absolute atomic E-state index is 12.7. The molecule has 0 aliphatic carbocycles. The Labute approximate surface area is 120 Å². The van der Waals surface area contributed by atoms with Crippen LogP contribution in [-0.4, -0.2) is 25.8 Å². The van der Waals surface area contributed by atoms with Gasteiger partial charge in [-0.2, -0.15) is 4.31 Å². The molecule has 0 N–H and O–H groups in total. The van der Waals surface area contributed by atoms with E-state index in [0.717, 1.165) is 18.4 Å². The van der Waals surface area contributed by atoms with Crippen molar-refractivity contribution in [1.82, 2.24) is 4.31 Å². The normalized spacial score (nSPS) is 18.7. The predicted octanol–water partition coefficient (Wildman–Crippen LogP) is 3.38. The molecule has 0 saturated carbocycles. The fourth-order valence-corrected chi connectivity index (χ4v) is 4.38. The smallest absolute Gasteiger partial charge is 0.207 e. The lowest BCUT2D eigenvalue weighted by Gasteiger charge is -2.30. The SMILES string of the molecule is Cc1cc(S(=O)(=O)N2CCC(C)CC2)c(C)cc1Cl. The molecule has 1 saturated heterocycles. The zero-order valence-electron chi connectivity index (χ0n) is 11.6. The third-order valence-electron chi connectivity index (χ3n) is 3.82. The summed E-state index contributed by atoms with van der Waals surface area (Å²) in [6.07, 6.45) is 1.87. The Bertz CT molecular complexity index is 575. The molecule has 1 fully saturated rings. The van der Waals surface area contributed by atoms with Gasteiger partial charge in [-0.1, -0.05) is 18.5 Å². The van der Waals surface area contributed by atoms with Crippen molar-refractivity contribution in [3.8, 4) is 0 Å². The minimum Gasteiger partial charge on any atom is -0.207 e. The van der Waals surface area contributed by atoms with E-state index in [-0.39, 0.29) is 0 Å². The highest BCUT2D eigenvalue weighted by Crippen LogP contribution is 2.28. The first-order valence-corrected chi connectivity index (χ1v) is 8.41. The predicted molar refractivity (Wildman–Crippen MR) is 78.1 cm³/mol. The van der Waals surface area contributed by atoms with Crippen LogP contribution in [0.2, 0.25) is 5.02 Å². The van der Waals surface area contributed by atoms with Crippen LogP contribution in [0.1, 0.15) is 30.9 Å². The Kier molecular flexibility index (Phi) is 4.23. The van der Waals surface area contributed by atoms with E-state index in [1.165, 1.54) is 0 Å². The fraction of sp³-hybridized carbons (Fsp3) is 0.571. The summed E-state index contributed by atoms with van der Waals surface area (Å²) >= 11 is 6.03. The molecule has 1 aromatic carbocycles. The number of rotatable bonds is 2. The second-order valence-electron chi connectivity index (χ2n) is 5.45. The lowest BCUT2D eigenvalue weighted by Crippen LogP contribution is -2.38. The average Bonchev–Trinajstić information content (AvgIpc) is 2.34. The summed E-state index contributed by atoms with van der Waals surface area (Å²) in [4.78, 5) is 0.393. The molecule has 0 atom stereocenters. The van der Waals surface area contributed by atoms with E-state index in [4.69, 9.17) is 11.6 Å². The number of halogens is 1. The zero-order chi connectivity index (χ0) is 14.2. The maximum Gasteiger partial charge on any atom is 0.243 e. The van der Waals surface area contributed by atoms with Crippen LogP contribution in [0.5, 0.6) is 0 Å². The molecule has 2 rings (SSSR count). The van der Waals surface area contributed by atoms with Crippen molar-refractivity contribution >= 4 is 21.6 Å². The Morgan fingerprint density at radius 2 is 1.74 bits per heavy atom. The van der Waals surface area contributed by atoms with E-state index in [1.807, 2.05) is 6.92 Å². The van der Waals surface area contributed by atoms with E-state index in [0.29, 0.717) is 34.5 Å². The molecular weight excluding hydrogens is 282 g/mol. The van der Waals surface area contributed by atoms with Crippen LogP contribution in [0.25, 0.3) is 0 Å². The third-order valence-corrected chi connectivity index (χ3v) is 6.26. The molecule has 1 aromatic rings. The van der Waals surface area contributed by atoms with Gasteiger partial charge >= 0.3 is 0 Å². The Morgan fingerprint density at radius 3 is 2.32 bits per heavy atom. The van der Waals surface area contributed by atoms with Crippen LogP contribution in [0.4, 0.5) is 0 Å². The largest absolute Gasteiger partial charge is 0.243 e. The van der Waals surface area contributed by atoms with Crippen molar-refractivity contribution in [2.75, 3.05) is 13.1 Å². The summed E-state index contributed by atoms with van der Waals surface area (Å²) in [7, 11) is -3.38. The molecule has 1 aliphatic rings. The van der Waals surface area contributed by atoms with E-state index >= 15 is 0 Å². The second-order valence-corrected chi connectivity index (χ2v) is 7.77. The van der Waals surface area contributed by atoms with Gasteiger partial charge in [0, 0.05) is 18.1 Å². The molecule has 0 radical (unpaired) electrons. The molecule has 5 heteroatoms. The topological polar surface area (TPSA) is 37.4 Å². The van der Waals surface area contributed by atoms with Crippen molar-refractivity contribution in [2.45, 2.75) is 38.5 Å². The van der Waals surface area contributed by atoms with E-state index in [2.05, 4.69) is 6.92 Å². The minimum absolute atomic E-state index is 0.393. The van der Waals surface area contributed by atoms with E-state index in [1.54, 1.807) is 23.4 Å². The van der Waals surface area contributed by atoms with Crippen LogP contribution in [0.15, 0.2) is 17.0 Å². The standard InChI is InChI=1S/C14H20ClNO2S/c1-10-4-6-16(7-5-10)19(17,18)14-9-11(2)13(15)8-12(14)3/h8-10H,4-7H2,1-3H3. The van der Waals surface area contributed by atoms with Crippen molar-refractivity contribution in [3.05, 3.63) is 28.3 Å². The van der Waals surface area contributed by atoms with Gasteiger partial charge in [0.25, 0.3) is 0 Å². The Morgan fingerprint density at radius 1 is 1.16 bits per heavy atom. The first-order chi connectivity index (χ1) is 8.82. The molecule has 0 spiro atoms. The van der Waals surface area contributed by atoms with Gasteiger partial charge in [-0.25, -0.2) is 8.42 Å². The highest BCUT2D eigenvalue weighted by Gasteiger charge is 2.29. The first-order valence-electron chi connectivity index (χ1n) is 6.59. The number of sulfonamides is 1. The molecule has 0 bridgehead atoms. The van der Waals surface area contributed by atoms with E-state index < -0.39 is 10.0 Å². The number of nitrogens with zero attached hydrogens (tertiary/aromatic N) is 1. The highest BCUT2D eigenvalue weighted by molar-refractivity contribution is 7.89. The first kappa shape index (κ1) is 14.8. The van der Waals surface area contributed by atoms with Crippen molar-refractivity contribution in [3.63, 3.8) is 0 Å². The lowest BCUT2D eigenvalue weighted by atomic mass is 10.0. The summed E-state index contributed by atoms with van der Waals surface area (Å²) in [5.41, 5.74) is 1.52.